The molecule has 102 valence electrons. The summed E-state index contributed by atoms with van der Waals surface area (Å²) in [4.78, 5) is 0. The molecule has 2 nitrogen and oxygen atoms in total. The smallest absolute Gasteiger partial charge is 0.123 e. The summed E-state index contributed by atoms with van der Waals surface area (Å²) in [5, 5.41) is 3.21. The zero-order valence-electron chi connectivity index (χ0n) is 12.6. The predicted molar refractivity (Wildman–Crippen MR) is 78.3 cm³/mol. The molecule has 0 aliphatic rings. The van der Waals surface area contributed by atoms with Crippen LogP contribution in [0.3, 0.4) is 0 Å². The van der Waals surface area contributed by atoms with Gasteiger partial charge in [0.2, 0.25) is 0 Å². The van der Waals surface area contributed by atoms with Gasteiger partial charge in [0.1, 0.15) is 5.75 Å². The second-order valence-electron chi connectivity index (χ2n) is 6.73. The largest absolute Gasteiger partial charge is 0.493 e. The van der Waals surface area contributed by atoms with Crippen molar-refractivity contribution in [3.63, 3.8) is 0 Å². The summed E-state index contributed by atoms with van der Waals surface area (Å²) in [6, 6.07) is 8.33. The van der Waals surface area contributed by atoms with Crippen LogP contribution in [0.4, 0.5) is 0 Å². The molecule has 0 radical (unpaired) electrons. The Balaban J connectivity index is 2.80. The molecule has 1 aromatic rings. The standard InChI is InChI=1S/C16H27NO/c1-15(2,3)13-9-7-8-10-14(13)18-12-16(4,5)11-17-6/h7-10,17H,11-12H2,1-6H3. The monoisotopic (exact) mass is 249 g/mol. The van der Waals surface area contributed by atoms with Crippen LogP contribution in [0.25, 0.3) is 0 Å². The molecule has 0 spiro atoms. The third kappa shape index (κ3) is 4.34. The fourth-order valence-electron chi connectivity index (χ4n) is 2.01. The third-order valence-electron chi connectivity index (χ3n) is 2.97. The molecule has 0 bridgehead atoms. The summed E-state index contributed by atoms with van der Waals surface area (Å²) in [6.07, 6.45) is 0. The van der Waals surface area contributed by atoms with E-state index in [0.29, 0.717) is 0 Å². The number of benzene rings is 1. The number of nitrogens with one attached hydrogen (secondary N) is 1. The molecule has 1 N–H and O–H groups in total. The van der Waals surface area contributed by atoms with Crippen molar-refractivity contribution in [2.45, 2.75) is 40.0 Å². The van der Waals surface area contributed by atoms with Crippen molar-refractivity contribution >= 4 is 0 Å². The fraction of sp³-hybridized carbons (Fsp3) is 0.625. The van der Waals surface area contributed by atoms with Crippen molar-refractivity contribution in [1.29, 1.82) is 0 Å². The maximum absolute atomic E-state index is 6.04. The van der Waals surface area contributed by atoms with Gasteiger partial charge in [-0.3, -0.25) is 0 Å². The highest BCUT2D eigenvalue weighted by Crippen LogP contribution is 2.31. The van der Waals surface area contributed by atoms with E-state index < -0.39 is 0 Å². The minimum atomic E-state index is 0.115. The second-order valence-corrected chi connectivity index (χ2v) is 6.73. The molecule has 0 atom stereocenters. The molecule has 0 heterocycles. The highest BCUT2D eigenvalue weighted by atomic mass is 16.5. The zero-order valence-corrected chi connectivity index (χ0v) is 12.6. The molecule has 0 saturated heterocycles. The summed E-state index contributed by atoms with van der Waals surface area (Å²) in [7, 11) is 1.98. The van der Waals surface area contributed by atoms with Gasteiger partial charge in [-0.15, -0.1) is 0 Å². The molecule has 2 heteroatoms. The first-order valence-electron chi connectivity index (χ1n) is 6.63. The van der Waals surface area contributed by atoms with Gasteiger partial charge in [-0.1, -0.05) is 52.8 Å². The Morgan fingerprint density at radius 2 is 1.67 bits per heavy atom. The van der Waals surface area contributed by atoms with Gasteiger partial charge in [0.25, 0.3) is 0 Å². The summed E-state index contributed by atoms with van der Waals surface area (Å²) in [5.41, 5.74) is 1.52. The van der Waals surface area contributed by atoms with Crippen molar-refractivity contribution in [3.05, 3.63) is 29.8 Å². The molecule has 0 aliphatic carbocycles. The summed E-state index contributed by atoms with van der Waals surface area (Å²) >= 11 is 0. The SMILES string of the molecule is CNCC(C)(C)COc1ccccc1C(C)(C)C. The van der Waals surface area contributed by atoms with Crippen molar-refractivity contribution in [3.8, 4) is 5.75 Å². The first-order valence-corrected chi connectivity index (χ1v) is 6.63. The topological polar surface area (TPSA) is 21.3 Å². The van der Waals surface area contributed by atoms with E-state index in [4.69, 9.17) is 4.74 Å². The van der Waals surface area contributed by atoms with Crippen LogP contribution in [-0.2, 0) is 5.41 Å². The average Bonchev–Trinajstić information content (AvgIpc) is 2.26. The molecule has 0 fully saturated rings. The summed E-state index contributed by atoms with van der Waals surface area (Å²) in [5.74, 6) is 1.01. The minimum Gasteiger partial charge on any atom is -0.493 e. The van der Waals surface area contributed by atoms with E-state index in [1.807, 2.05) is 13.1 Å². The van der Waals surface area contributed by atoms with Crippen LogP contribution in [0.5, 0.6) is 5.75 Å². The van der Waals surface area contributed by atoms with Crippen LogP contribution in [0.2, 0.25) is 0 Å². The van der Waals surface area contributed by atoms with Crippen LogP contribution >= 0.6 is 0 Å². The van der Waals surface area contributed by atoms with Gasteiger partial charge in [0.05, 0.1) is 6.61 Å². The van der Waals surface area contributed by atoms with Crippen molar-refractivity contribution in [2.24, 2.45) is 5.41 Å². The zero-order chi connectivity index (χ0) is 13.8. The molecule has 0 unspecified atom stereocenters. The number of ether oxygens (including phenoxy) is 1. The van der Waals surface area contributed by atoms with E-state index in [2.05, 4.69) is 58.1 Å². The molecule has 1 rings (SSSR count). The Bertz CT molecular complexity index is 377. The molecule has 0 aromatic heterocycles. The Morgan fingerprint density at radius 1 is 1.06 bits per heavy atom. The quantitative estimate of drug-likeness (QED) is 0.860. The molecule has 0 aliphatic heterocycles. The lowest BCUT2D eigenvalue weighted by Crippen LogP contribution is -2.32. The Labute approximate surface area is 112 Å². The highest BCUT2D eigenvalue weighted by Gasteiger charge is 2.21. The van der Waals surface area contributed by atoms with E-state index in [-0.39, 0.29) is 10.8 Å². The fourth-order valence-corrected chi connectivity index (χ4v) is 2.01. The van der Waals surface area contributed by atoms with E-state index >= 15 is 0 Å². The van der Waals surface area contributed by atoms with Gasteiger partial charge in [-0.25, -0.2) is 0 Å². The Kier molecular flexibility index (Phi) is 4.80. The molecular formula is C16H27NO. The van der Waals surface area contributed by atoms with E-state index in [1.54, 1.807) is 0 Å². The van der Waals surface area contributed by atoms with Gasteiger partial charge in [0.15, 0.2) is 0 Å². The van der Waals surface area contributed by atoms with Crippen molar-refractivity contribution in [2.75, 3.05) is 20.2 Å². The lowest BCUT2D eigenvalue weighted by Gasteiger charge is -2.27. The lowest BCUT2D eigenvalue weighted by molar-refractivity contribution is 0.176. The van der Waals surface area contributed by atoms with Gasteiger partial charge < -0.3 is 10.1 Å². The number of para-hydroxylation sites is 1. The van der Waals surface area contributed by atoms with Gasteiger partial charge in [-0.05, 0) is 24.1 Å². The van der Waals surface area contributed by atoms with E-state index in [0.717, 1.165) is 18.9 Å². The maximum atomic E-state index is 6.04. The van der Waals surface area contributed by atoms with Crippen LogP contribution in [-0.4, -0.2) is 20.2 Å². The van der Waals surface area contributed by atoms with Gasteiger partial charge in [0, 0.05) is 12.0 Å². The Hall–Kier alpha value is -1.02. The van der Waals surface area contributed by atoms with Crippen LogP contribution in [0.15, 0.2) is 24.3 Å². The van der Waals surface area contributed by atoms with E-state index in [1.165, 1.54) is 5.56 Å². The lowest BCUT2D eigenvalue weighted by atomic mass is 9.86. The highest BCUT2D eigenvalue weighted by molar-refractivity contribution is 5.38. The van der Waals surface area contributed by atoms with Crippen molar-refractivity contribution in [1.82, 2.24) is 5.32 Å². The van der Waals surface area contributed by atoms with Gasteiger partial charge in [-0.2, -0.15) is 0 Å². The first-order chi connectivity index (χ1) is 8.26. The summed E-state index contributed by atoms with van der Waals surface area (Å²) in [6.45, 7) is 12.7. The average molecular weight is 249 g/mol. The first kappa shape index (κ1) is 15.0. The molecule has 18 heavy (non-hydrogen) atoms. The molecule has 0 amide bonds. The summed E-state index contributed by atoms with van der Waals surface area (Å²) < 4.78 is 6.04. The number of hydrogen-bond acceptors (Lipinski definition) is 2. The minimum absolute atomic E-state index is 0.115. The van der Waals surface area contributed by atoms with Crippen LogP contribution in [0.1, 0.15) is 40.2 Å². The van der Waals surface area contributed by atoms with E-state index in [9.17, 15) is 0 Å². The molecule has 0 saturated carbocycles. The molecule has 1 aromatic carbocycles. The third-order valence-corrected chi connectivity index (χ3v) is 2.97. The molecular weight excluding hydrogens is 222 g/mol. The predicted octanol–water partition coefficient (Wildman–Crippen LogP) is 3.61. The number of rotatable bonds is 5. The van der Waals surface area contributed by atoms with Crippen molar-refractivity contribution < 1.29 is 4.74 Å². The second kappa shape index (κ2) is 5.75. The van der Waals surface area contributed by atoms with Gasteiger partial charge >= 0.3 is 0 Å². The van der Waals surface area contributed by atoms with Crippen LogP contribution in [0, 0.1) is 5.41 Å². The Morgan fingerprint density at radius 3 is 2.22 bits per heavy atom. The van der Waals surface area contributed by atoms with Crippen LogP contribution < -0.4 is 10.1 Å². The maximum Gasteiger partial charge on any atom is 0.123 e. The number of hydrogen-bond donors (Lipinski definition) is 1. The normalized spacial score (nSPS) is 12.6.